The second kappa shape index (κ2) is 9.43. The molecule has 8 heteroatoms. The molecule has 4 rings (SSSR count). The normalized spacial score (nSPS) is 31.5. The summed E-state index contributed by atoms with van der Waals surface area (Å²) in [4.78, 5) is 42.2. The molecular weight excluding hydrogens is 426 g/mol. The number of likely N-dealkylation sites (tertiary alicyclic amines) is 1. The van der Waals surface area contributed by atoms with E-state index in [1.54, 1.807) is 16.7 Å². The largest absolute Gasteiger partial charge is 0.394 e. The maximum atomic E-state index is 13.8. The number of hydrogen-bond acceptors (Lipinski definition) is 5. The van der Waals surface area contributed by atoms with E-state index in [0.717, 1.165) is 25.7 Å². The SMILES string of the molecule is CCCCNC(=O)C1N([C@@H](CC)CO)C(=O)[C@@H]2[C@@H](C(=O)Nc3ccccc3)[C@H]3CCC12S3. The number of aliphatic hydroxyl groups is 1. The number of amides is 3. The summed E-state index contributed by atoms with van der Waals surface area (Å²) in [5.74, 6) is -1.49. The van der Waals surface area contributed by atoms with E-state index >= 15 is 0 Å². The van der Waals surface area contributed by atoms with Crippen LogP contribution >= 0.6 is 11.8 Å². The first-order valence-corrected chi connectivity index (χ1v) is 12.6. The fourth-order valence-electron chi connectivity index (χ4n) is 5.73. The van der Waals surface area contributed by atoms with Gasteiger partial charge >= 0.3 is 0 Å². The molecule has 0 aromatic heterocycles. The number of nitrogens with zero attached hydrogens (tertiary/aromatic N) is 1. The number of thioether (sulfide) groups is 1. The maximum Gasteiger partial charge on any atom is 0.244 e. The summed E-state index contributed by atoms with van der Waals surface area (Å²) in [5, 5.41) is 16.0. The molecule has 2 unspecified atom stereocenters. The topological polar surface area (TPSA) is 98.7 Å². The molecule has 0 saturated carbocycles. The van der Waals surface area contributed by atoms with Gasteiger partial charge in [0, 0.05) is 17.5 Å². The van der Waals surface area contributed by atoms with Gasteiger partial charge in [-0.15, -0.1) is 11.8 Å². The van der Waals surface area contributed by atoms with Crippen molar-refractivity contribution in [3.63, 3.8) is 0 Å². The Labute approximate surface area is 193 Å². The number of para-hydroxylation sites is 1. The molecule has 0 aliphatic carbocycles. The first-order valence-electron chi connectivity index (χ1n) is 11.7. The minimum atomic E-state index is -0.654. The van der Waals surface area contributed by atoms with Gasteiger partial charge in [-0.3, -0.25) is 14.4 Å². The predicted molar refractivity (Wildman–Crippen MR) is 125 cm³/mol. The number of unbranched alkanes of at least 4 members (excludes halogenated alkanes) is 1. The average Bonchev–Trinajstić information content (AvgIpc) is 3.43. The lowest BCUT2D eigenvalue weighted by Crippen LogP contribution is -2.56. The summed E-state index contributed by atoms with van der Waals surface area (Å²) in [6, 6.07) is 8.19. The van der Waals surface area contributed by atoms with Gasteiger partial charge in [0.1, 0.15) is 6.04 Å². The first-order chi connectivity index (χ1) is 15.5. The maximum absolute atomic E-state index is 13.8. The van der Waals surface area contributed by atoms with Crippen LogP contribution in [-0.2, 0) is 14.4 Å². The zero-order chi connectivity index (χ0) is 22.9. The third kappa shape index (κ3) is 3.71. The van der Waals surface area contributed by atoms with Gasteiger partial charge in [-0.1, -0.05) is 38.5 Å². The van der Waals surface area contributed by atoms with E-state index in [9.17, 15) is 19.5 Å². The monoisotopic (exact) mass is 459 g/mol. The molecule has 3 aliphatic heterocycles. The Balaban J connectivity index is 1.66. The summed E-state index contributed by atoms with van der Waals surface area (Å²) < 4.78 is -0.612. The van der Waals surface area contributed by atoms with E-state index in [1.807, 2.05) is 37.3 Å². The Morgan fingerprint density at radius 1 is 1.25 bits per heavy atom. The van der Waals surface area contributed by atoms with E-state index in [2.05, 4.69) is 17.6 Å². The van der Waals surface area contributed by atoms with Crippen LogP contribution in [-0.4, -0.2) is 63.0 Å². The van der Waals surface area contributed by atoms with Gasteiger partial charge in [0.2, 0.25) is 17.7 Å². The van der Waals surface area contributed by atoms with Crippen molar-refractivity contribution in [1.29, 1.82) is 0 Å². The van der Waals surface area contributed by atoms with Crippen molar-refractivity contribution in [3.8, 4) is 0 Å². The van der Waals surface area contributed by atoms with Crippen molar-refractivity contribution in [1.82, 2.24) is 10.2 Å². The van der Waals surface area contributed by atoms with Crippen molar-refractivity contribution in [3.05, 3.63) is 30.3 Å². The molecule has 3 fully saturated rings. The van der Waals surface area contributed by atoms with Gasteiger partial charge in [-0.2, -0.15) is 0 Å². The standard InChI is InChI=1S/C24H33N3O4S/c1-3-5-13-25-22(30)20-24-12-11-17(32-24)18(21(29)26-15-9-7-6-8-10-15)19(24)23(31)27(20)16(4-2)14-28/h6-10,16-20,28H,3-5,11-14H2,1-2H3,(H,25,30)(H,26,29)/t16-,17+,18-,19-,20?,24?/m0/s1. The lowest BCUT2D eigenvalue weighted by molar-refractivity contribution is -0.142. The molecule has 3 saturated heterocycles. The number of benzene rings is 1. The van der Waals surface area contributed by atoms with Crippen LogP contribution in [0.2, 0.25) is 0 Å². The molecule has 1 aromatic rings. The highest BCUT2D eigenvalue weighted by Crippen LogP contribution is 2.66. The van der Waals surface area contributed by atoms with Gasteiger partial charge in [-0.25, -0.2) is 0 Å². The number of nitrogens with one attached hydrogen (secondary N) is 2. The predicted octanol–water partition coefficient (Wildman–Crippen LogP) is 2.40. The van der Waals surface area contributed by atoms with Crippen LogP contribution < -0.4 is 10.6 Å². The van der Waals surface area contributed by atoms with E-state index in [1.165, 1.54) is 0 Å². The van der Waals surface area contributed by atoms with Gasteiger partial charge in [0.05, 0.1) is 29.2 Å². The summed E-state index contributed by atoms with van der Waals surface area (Å²) in [6.45, 7) is 4.35. The number of carbonyl (C=O) groups is 3. The lowest BCUT2D eigenvalue weighted by Gasteiger charge is -2.36. The summed E-state index contributed by atoms with van der Waals surface area (Å²) in [5.41, 5.74) is 0.706. The van der Waals surface area contributed by atoms with Crippen molar-refractivity contribution in [2.75, 3.05) is 18.5 Å². The van der Waals surface area contributed by atoms with E-state index in [4.69, 9.17) is 0 Å². The highest BCUT2D eigenvalue weighted by Gasteiger charge is 2.74. The molecule has 0 radical (unpaired) electrons. The molecule has 3 aliphatic rings. The molecule has 2 bridgehead atoms. The number of fused-ring (bicyclic) bond motifs is 1. The Kier molecular flexibility index (Phi) is 6.81. The zero-order valence-corrected chi connectivity index (χ0v) is 19.6. The van der Waals surface area contributed by atoms with Crippen LogP contribution in [0.3, 0.4) is 0 Å². The Morgan fingerprint density at radius 2 is 2.00 bits per heavy atom. The summed E-state index contributed by atoms with van der Waals surface area (Å²) in [6.07, 6.45) is 3.94. The molecule has 6 atom stereocenters. The van der Waals surface area contributed by atoms with Crippen LogP contribution in [0.25, 0.3) is 0 Å². The van der Waals surface area contributed by atoms with Gasteiger partial charge < -0.3 is 20.6 Å². The molecular formula is C24H33N3O4S. The van der Waals surface area contributed by atoms with Crippen LogP contribution in [0.1, 0.15) is 46.0 Å². The third-order valence-corrected chi connectivity index (χ3v) is 9.19. The van der Waals surface area contributed by atoms with Crippen molar-refractivity contribution in [2.24, 2.45) is 11.8 Å². The minimum absolute atomic E-state index is 0.0231. The van der Waals surface area contributed by atoms with Crippen molar-refractivity contribution in [2.45, 2.75) is 68.0 Å². The molecule has 3 heterocycles. The third-order valence-electron chi connectivity index (χ3n) is 7.24. The van der Waals surface area contributed by atoms with Gasteiger partial charge in [0.25, 0.3) is 0 Å². The Morgan fingerprint density at radius 3 is 2.66 bits per heavy atom. The molecule has 3 N–H and O–H groups in total. The smallest absolute Gasteiger partial charge is 0.244 e. The number of hydrogen-bond donors (Lipinski definition) is 3. The number of rotatable bonds is 9. The molecule has 3 amide bonds. The zero-order valence-electron chi connectivity index (χ0n) is 18.8. The molecule has 174 valence electrons. The number of anilines is 1. The fourth-order valence-corrected chi connectivity index (χ4v) is 7.94. The van der Waals surface area contributed by atoms with Gasteiger partial charge in [-0.05, 0) is 37.8 Å². The van der Waals surface area contributed by atoms with Crippen LogP contribution in [0, 0.1) is 11.8 Å². The summed E-state index contributed by atoms with van der Waals surface area (Å²) >= 11 is 1.65. The van der Waals surface area contributed by atoms with E-state index < -0.39 is 28.7 Å². The van der Waals surface area contributed by atoms with Crippen molar-refractivity contribution >= 4 is 35.2 Å². The second-order valence-electron chi connectivity index (χ2n) is 9.05. The summed E-state index contributed by atoms with van der Waals surface area (Å²) in [7, 11) is 0. The van der Waals surface area contributed by atoms with Gasteiger partial charge in [0.15, 0.2) is 0 Å². The number of carbonyl (C=O) groups excluding carboxylic acids is 3. The Bertz CT molecular complexity index is 862. The highest BCUT2D eigenvalue weighted by atomic mass is 32.2. The lowest BCUT2D eigenvalue weighted by atomic mass is 9.70. The van der Waals surface area contributed by atoms with E-state index in [0.29, 0.717) is 18.7 Å². The average molecular weight is 460 g/mol. The van der Waals surface area contributed by atoms with Crippen molar-refractivity contribution < 1.29 is 19.5 Å². The van der Waals surface area contributed by atoms with Crippen LogP contribution in [0.4, 0.5) is 5.69 Å². The Hall–Kier alpha value is -2.06. The fraction of sp³-hybridized carbons (Fsp3) is 0.625. The van der Waals surface area contributed by atoms with Crippen LogP contribution in [0.5, 0.6) is 0 Å². The molecule has 32 heavy (non-hydrogen) atoms. The van der Waals surface area contributed by atoms with E-state index in [-0.39, 0.29) is 29.6 Å². The minimum Gasteiger partial charge on any atom is -0.394 e. The van der Waals surface area contributed by atoms with Crippen LogP contribution in [0.15, 0.2) is 30.3 Å². The highest BCUT2D eigenvalue weighted by molar-refractivity contribution is 8.02. The second-order valence-corrected chi connectivity index (χ2v) is 10.6. The molecule has 1 aromatic carbocycles. The molecule has 7 nitrogen and oxygen atoms in total. The number of aliphatic hydroxyl groups excluding tert-OH is 1. The first kappa shape index (κ1) is 23.1. The quantitative estimate of drug-likeness (QED) is 0.493. The molecule has 1 spiro atoms.